The van der Waals surface area contributed by atoms with E-state index in [2.05, 4.69) is 49.8 Å². The van der Waals surface area contributed by atoms with Gasteiger partial charge in [-0.3, -0.25) is 9.59 Å². The van der Waals surface area contributed by atoms with E-state index in [1.807, 2.05) is 0 Å². The van der Waals surface area contributed by atoms with Crippen LogP contribution < -0.4 is 5.73 Å². The predicted molar refractivity (Wildman–Crippen MR) is 126 cm³/mol. The number of ether oxygens (including phenoxy) is 1. The molecule has 4 N–H and O–H groups in total. The largest absolute Gasteiger partial charge is 0.461 e. The molecule has 8 atom stereocenters. The van der Waals surface area contributed by atoms with E-state index in [1.165, 1.54) is 11.8 Å². The Morgan fingerprint density at radius 3 is 2.70 bits per heavy atom. The van der Waals surface area contributed by atoms with E-state index in [0.29, 0.717) is 18.0 Å². The summed E-state index contributed by atoms with van der Waals surface area (Å²) in [6, 6.07) is 0. The van der Waals surface area contributed by atoms with E-state index < -0.39 is 23.0 Å². The van der Waals surface area contributed by atoms with E-state index in [4.69, 9.17) is 10.5 Å². The maximum absolute atomic E-state index is 13.4. The van der Waals surface area contributed by atoms with Crippen molar-refractivity contribution in [2.24, 2.45) is 34.0 Å². The second kappa shape index (κ2) is 8.56. The molecule has 3 saturated carbocycles. The van der Waals surface area contributed by atoms with Gasteiger partial charge < -0.3 is 15.6 Å². The van der Waals surface area contributed by atoms with Crippen LogP contribution in [0.2, 0.25) is 0 Å². The number of nitrogens with zero attached hydrogens (tertiary/aromatic N) is 2. The molecule has 184 valence electrons. The van der Waals surface area contributed by atoms with Crippen LogP contribution in [0.4, 0.5) is 5.95 Å². The first-order valence-corrected chi connectivity index (χ1v) is 13.2. The number of carbonyl (C=O) groups excluding carboxylic acids is 2. The minimum absolute atomic E-state index is 0.0223. The molecule has 3 aliphatic carbocycles. The summed E-state index contributed by atoms with van der Waals surface area (Å²) in [7, 11) is 0. The SMILES string of the molecule is CC[C@]1(C)C[C@H](OC(=O)CSc2n[nH]c(N)n2)[C@]2(C)[C@H](C)CC[C@]3(CCC(=O)[C@@H]32)[C@H](C)[C@@H]1O. The maximum atomic E-state index is 13.4. The smallest absolute Gasteiger partial charge is 0.316 e. The number of nitrogens with two attached hydrogens (primary N) is 1. The number of thioether (sulfide) groups is 1. The highest BCUT2D eigenvalue weighted by Gasteiger charge is 2.68. The molecule has 0 aliphatic heterocycles. The monoisotopic (exact) mass is 478 g/mol. The number of anilines is 1. The lowest BCUT2D eigenvalue weighted by atomic mass is 9.43. The zero-order valence-corrected chi connectivity index (χ0v) is 21.2. The Bertz CT molecular complexity index is 924. The van der Waals surface area contributed by atoms with Crippen molar-refractivity contribution in [2.45, 2.75) is 90.5 Å². The van der Waals surface area contributed by atoms with Crippen molar-refractivity contribution in [3.8, 4) is 0 Å². The number of aliphatic hydroxyl groups is 1. The molecule has 0 radical (unpaired) electrons. The average Bonchev–Trinajstić information content (AvgIpc) is 3.36. The van der Waals surface area contributed by atoms with Crippen molar-refractivity contribution >= 4 is 29.5 Å². The number of aromatic nitrogens is 3. The number of esters is 1. The number of nitrogen functional groups attached to an aromatic ring is 1. The van der Waals surface area contributed by atoms with Crippen molar-refractivity contribution in [2.75, 3.05) is 11.5 Å². The molecule has 33 heavy (non-hydrogen) atoms. The van der Waals surface area contributed by atoms with Crippen molar-refractivity contribution in [3.63, 3.8) is 0 Å². The molecule has 0 amide bonds. The molecule has 0 aromatic carbocycles. The van der Waals surface area contributed by atoms with Gasteiger partial charge in [-0.2, -0.15) is 4.98 Å². The van der Waals surface area contributed by atoms with Gasteiger partial charge in [-0.15, -0.1) is 5.10 Å². The van der Waals surface area contributed by atoms with Crippen molar-refractivity contribution in [1.82, 2.24) is 15.2 Å². The number of ketones is 1. The van der Waals surface area contributed by atoms with Gasteiger partial charge in [0.25, 0.3) is 0 Å². The fourth-order valence-electron chi connectivity index (χ4n) is 7.35. The first-order valence-electron chi connectivity index (χ1n) is 12.2. The fraction of sp³-hybridized carbons (Fsp3) is 0.833. The van der Waals surface area contributed by atoms with Crippen LogP contribution in [0.1, 0.15) is 73.1 Å². The topological polar surface area (TPSA) is 131 Å². The number of nitrogens with one attached hydrogen (secondary N) is 1. The summed E-state index contributed by atoms with van der Waals surface area (Å²) in [4.78, 5) is 30.5. The lowest BCUT2D eigenvalue weighted by Gasteiger charge is -2.62. The summed E-state index contributed by atoms with van der Waals surface area (Å²) in [6.07, 6.45) is 3.60. The fourth-order valence-corrected chi connectivity index (χ4v) is 7.93. The third-order valence-electron chi connectivity index (χ3n) is 9.78. The van der Waals surface area contributed by atoms with E-state index in [1.54, 1.807) is 0 Å². The van der Waals surface area contributed by atoms with Crippen LogP contribution in [0.5, 0.6) is 0 Å². The molecular formula is C24H38N4O4S. The number of H-pyrrole nitrogens is 1. The Balaban J connectivity index is 1.69. The zero-order valence-electron chi connectivity index (χ0n) is 20.4. The zero-order chi connectivity index (χ0) is 24.2. The molecule has 8 nitrogen and oxygen atoms in total. The predicted octanol–water partition coefficient (Wildman–Crippen LogP) is 3.61. The molecular weight excluding hydrogens is 440 g/mol. The number of aliphatic hydroxyl groups excluding tert-OH is 1. The van der Waals surface area contributed by atoms with Gasteiger partial charge in [0, 0.05) is 17.8 Å². The highest BCUT2D eigenvalue weighted by atomic mass is 32.2. The van der Waals surface area contributed by atoms with Crippen LogP contribution in [0, 0.1) is 34.0 Å². The van der Waals surface area contributed by atoms with Crippen LogP contribution in [-0.4, -0.2) is 50.0 Å². The number of hydrogen-bond acceptors (Lipinski definition) is 8. The van der Waals surface area contributed by atoms with E-state index in [-0.39, 0.29) is 46.6 Å². The molecule has 3 fully saturated rings. The molecule has 1 heterocycles. The summed E-state index contributed by atoms with van der Waals surface area (Å²) in [5, 5.41) is 18.5. The van der Waals surface area contributed by atoms with Crippen LogP contribution >= 0.6 is 11.8 Å². The Morgan fingerprint density at radius 1 is 1.33 bits per heavy atom. The minimum atomic E-state index is -0.555. The molecule has 1 aromatic heterocycles. The Hall–Kier alpha value is -1.61. The summed E-state index contributed by atoms with van der Waals surface area (Å²) in [6.45, 7) is 10.7. The van der Waals surface area contributed by atoms with Gasteiger partial charge in [0.05, 0.1) is 11.9 Å². The summed E-state index contributed by atoms with van der Waals surface area (Å²) in [5.74, 6) is 0.239. The number of rotatable bonds is 5. The number of Topliss-reactive ketones (excluding diaryl/α,β-unsaturated/α-hetero) is 1. The normalized spacial score (nSPS) is 43.0. The highest BCUT2D eigenvalue weighted by Crippen LogP contribution is 2.68. The van der Waals surface area contributed by atoms with Gasteiger partial charge in [0.15, 0.2) is 0 Å². The van der Waals surface area contributed by atoms with Crippen LogP contribution in [0.15, 0.2) is 5.16 Å². The number of aromatic amines is 1. The van der Waals surface area contributed by atoms with Crippen molar-refractivity contribution in [3.05, 3.63) is 0 Å². The molecule has 3 aliphatic rings. The summed E-state index contributed by atoms with van der Waals surface area (Å²) in [5.41, 5.74) is 4.47. The van der Waals surface area contributed by atoms with Gasteiger partial charge >= 0.3 is 5.97 Å². The van der Waals surface area contributed by atoms with E-state index in [9.17, 15) is 14.7 Å². The highest BCUT2D eigenvalue weighted by molar-refractivity contribution is 7.99. The van der Waals surface area contributed by atoms with Crippen molar-refractivity contribution in [1.29, 1.82) is 0 Å². The Labute approximate surface area is 200 Å². The molecule has 1 aromatic rings. The molecule has 4 rings (SSSR count). The minimum Gasteiger partial charge on any atom is -0.461 e. The molecule has 0 saturated heterocycles. The lowest BCUT2D eigenvalue weighted by Crippen LogP contribution is -2.63. The lowest BCUT2D eigenvalue weighted by molar-refractivity contribution is -0.211. The van der Waals surface area contributed by atoms with Crippen molar-refractivity contribution < 1.29 is 19.4 Å². The Morgan fingerprint density at radius 2 is 2.06 bits per heavy atom. The standard InChI is InChI=1S/C24H38N4O4S/c1-6-22(4)11-16(32-17(30)12-33-21-26-20(25)27-28-21)23(5)13(2)7-9-24(14(3)19(22)31)10-8-15(29)18(23)24/h13-14,16,18-19,31H,6-12H2,1-5H3,(H3,25,26,27,28)/t13-,14-,16+,18-,19+,22-,23+,24+/m1/s1. The molecule has 0 spiro atoms. The first kappa shape index (κ1) is 24.5. The van der Waals surface area contributed by atoms with Gasteiger partial charge in [0.2, 0.25) is 11.1 Å². The first-order chi connectivity index (χ1) is 15.5. The van der Waals surface area contributed by atoms with E-state index in [0.717, 1.165) is 25.7 Å². The van der Waals surface area contributed by atoms with Crippen LogP contribution in [-0.2, 0) is 14.3 Å². The second-order valence-electron chi connectivity index (χ2n) is 11.2. The third-order valence-corrected chi connectivity index (χ3v) is 10.6. The van der Waals surface area contributed by atoms with Gasteiger partial charge in [-0.05, 0) is 54.8 Å². The number of hydrogen-bond donors (Lipinski definition) is 3. The van der Waals surface area contributed by atoms with Gasteiger partial charge in [-0.1, -0.05) is 46.4 Å². The van der Waals surface area contributed by atoms with Gasteiger partial charge in [0.1, 0.15) is 11.9 Å². The average molecular weight is 479 g/mol. The van der Waals surface area contributed by atoms with Gasteiger partial charge in [-0.25, -0.2) is 5.10 Å². The second-order valence-corrected chi connectivity index (χ2v) is 12.1. The molecule has 2 bridgehead atoms. The summed E-state index contributed by atoms with van der Waals surface area (Å²) >= 11 is 1.17. The quantitative estimate of drug-likeness (QED) is 0.432. The molecule has 0 unspecified atom stereocenters. The molecule has 9 heteroatoms. The third kappa shape index (κ3) is 3.79. The van der Waals surface area contributed by atoms with E-state index >= 15 is 0 Å². The number of carbonyl (C=O) groups is 2. The Kier molecular flexibility index (Phi) is 6.36. The summed E-state index contributed by atoms with van der Waals surface area (Å²) < 4.78 is 6.23. The van der Waals surface area contributed by atoms with Crippen LogP contribution in [0.25, 0.3) is 0 Å². The maximum Gasteiger partial charge on any atom is 0.316 e. The van der Waals surface area contributed by atoms with Crippen LogP contribution in [0.3, 0.4) is 0 Å².